The van der Waals surface area contributed by atoms with Gasteiger partial charge in [-0.1, -0.05) is 12.2 Å². The van der Waals surface area contributed by atoms with E-state index in [1.54, 1.807) is 0 Å². The first-order chi connectivity index (χ1) is 4.17. The van der Waals surface area contributed by atoms with Gasteiger partial charge in [0.1, 0.15) is 12.2 Å². The number of hydrogen-bond acceptors (Lipinski definition) is 2. The molecule has 0 amide bonds. The van der Waals surface area contributed by atoms with Crippen LogP contribution in [0.5, 0.6) is 0 Å². The predicted molar refractivity (Wildman–Crippen MR) is 33.0 cm³/mol. The second-order valence-electron chi connectivity index (χ2n) is 2.95. The zero-order valence-corrected chi connectivity index (χ0v) is 5.63. The van der Waals surface area contributed by atoms with Gasteiger partial charge in [0.25, 0.3) is 0 Å². The first kappa shape index (κ1) is 5.45. The summed E-state index contributed by atoms with van der Waals surface area (Å²) in [6, 6.07) is 0. The van der Waals surface area contributed by atoms with Crippen LogP contribution in [0.4, 0.5) is 0 Å². The van der Waals surface area contributed by atoms with Crippen molar-refractivity contribution < 1.29 is 9.47 Å². The molecule has 0 aromatic rings. The molecule has 2 atom stereocenters. The zero-order valence-electron chi connectivity index (χ0n) is 5.63. The third kappa shape index (κ3) is 0.705. The second-order valence-corrected chi connectivity index (χ2v) is 2.95. The van der Waals surface area contributed by atoms with Crippen LogP contribution in [-0.2, 0) is 9.47 Å². The monoisotopic (exact) mass is 126 g/mol. The Morgan fingerprint density at radius 2 is 1.56 bits per heavy atom. The van der Waals surface area contributed by atoms with Crippen molar-refractivity contribution in [3.63, 3.8) is 0 Å². The summed E-state index contributed by atoms with van der Waals surface area (Å²) in [6.45, 7) is 3.88. The SMILES string of the molecule is CC1(C)OC2C=CC2O1. The minimum atomic E-state index is -0.362. The topological polar surface area (TPSA) is 18.5 Å². The molecule has 1 aliphatic carbocycles. The molecule has 2 unspecified atom stereocenters. The van der Waals surface area contributed by atoms with Crippen molar-refractivity contribution >= 4 is 0 Å². The van der Waals surface area contributed by atoms with Gasteiger partial charge in [0.05, 0.1) is 0 Å². The maximum absolute atomic E-state index is 5.44. The zero-order chi connectivity index (χ0) is 6.48. The maximum Gasteiger partial charge on any atom is 0.164 e. The summed E-state index contributed by atoms with van der Waals surface area (Å²) in [7, 11) is 0. The van der Waals surface area contributed by atoms with E-state index in [2.05, 4.69) is 0 Å². The van der Waals surface area contributed by atoms with Crippen molar-refractivity contribution in [2.45, 2.75) is 31.8 Å². The van der Waals surface area contributed by atoms with Crippen LogP contribution in [0.1, 0.15) is 13.8 Å². The highest BCUT2D eigenvalue weighted by Crippen LogP contribution is 2.34. The van der Waals surface area contributed by atoms with E-state index in [1.165, 1.54) is 0 Å². The second kappa shape index (κ2) is 1.39. The lowest BCUT2D eigenvalue weighted by Crippen LogP contribution is -2.25. The molecule has 0 radical (unpaired) electrons. The molecule has 2 aliphatic rings. The fourth-order valence-corrected chi connectivity index (χ4v) is 1.19. The molecule has 0 spiro atoms. The Morgan fingerprint density at radius 1 is 1.11 bits per heavy atom. The minimum Gasteiger partial charge on any atom is -0.340 e. The van der Waals surface area contributed by atoms with Crippen LogP contribution in [-0.4, -0.2) is 18.0 Å². The molecule has 1 heterocycles. The van der Waals surface area contributed by atoms with Crippen LogP contribution in [0.3, 0.4) is 0 Å². The van der Waals surface area contributed by atoms with Crippen molar-refractivity contribution in [1.82, 2.24) is 0 Å². The third-order valence-electron chi connectivity index (χ3n) is 1.65. The summed E-state index contributed by atoms with van der Waals surface area (Å²) in [5, 5.41) is 0. The van der Waals surface area contributed by atoms with Gasteiger partial charge in [-0.05, 0) is 13.8 Å². The highest BCUT2D eigenvalue weighted by atomic mass is 16.8. The fourth-order valence-electron chi connectivity index (χ4n) is 1.19. The number of hydrogen-bond donors (Lipinski definition) is 0. The Labute approximate surface area is 54.5 Å². The largest absolute Gasteiger partial charge is 0.340 e. The first-order valence-electron chi connectivity index (χ1n) is 3.21. The van der Waals surface area contributed by atoms with E-state index in [0.29, 0.717) is 0 Å². The average molecular weight is 126 g/mol. The van der Waals surface area contributed by atoms with Crippen molar-refractivity contribution in [2.75, 3.05) is 0 Å². The molecule has 50 valence electrons. The molecule has 0 N–H and O–H groups in total. The molecule has 2 nitrogen and oxygen atoms in total. The van der Waals surface area contributed by atoms with Gasteiger partial charge < -0.3 is 9.47 Å². The van der Waals surface area contributed by atoms with Gasteiger partial charge in [-0.25, -0.2) is 0 Å². The molecule has 2 rings (SSSR count). The predicted octanol–water partition coefficient (Wildman–Crippen LogP) is 1.08. The van der Waals surface area contributed by atoms with E-state index >= 15 is 0 Å². The van der Waals surface area contributed by atoms with E-state index in [-0.39, 0.29) is 18.0 Å². The minimum absolute atomic E-state index is 0.236. The van der Waals surface area contributed by atoms with Gasteiger partial charge in [0.2, 0.25) is 0 Å². The number of fused-ring (bicyclic) bond motifs is 1. The van der Waals surface area contributed by atoms with Crippen molar-refractivity contribution in [2.24, 2.45) is 0 Å². The summed E-state index contributed by atoms with van der Waals surface area (Å²) >= 11 is 0. The lowest BCUT2D eigenvalue weighted by Gasteiger charge is -2.16. The summed E-state index contributed by atoms with van der Waals surface area (Å²) in [5.74, 6) is -0.362. The van der Waals surface area contributed by atoms with Gasteiger partial charge in [-0.2, -0.15) is 0 Å². The quantitative estimate of drug-likeness (QED) is 0.452. The van der Waals surface area contributed by atoms with Gasteiger partial charge in [-0.3, -0.25) is 0 Å². The third-order valence-corrected chi connectivity index (χ3v) is 1.65. The molecule has 2 heteroatoms. The van der Waals surface area contributed by atoms with Crippen molar-refractivity contribution in [1.29, 1.82) is 0 Å². The normalized spacial score (nSPS) is 44.2. The summed E-state index contributed by atoms with van der Waals surface area (Å²) in [4.78, 5) is 0. The molecule has 0 aromatic carbocycles. The van der Waals surface area contributed by atoms with E-state index in [0.717, 1.165) is 0 Å². The summed E-state index contributed by atoms with van der Waals surface area (Å²) in [6.07, 6.45) is 4.53. The molecule has 0 bridgehead atoms. The molecule has 9 heavy (non-hydrogen) atoms. The van der Waals surface area contributed by atoms with Crippen LogP contribution < -0.4 is 0 Å². The average Bonchev–Trinajstić information content (AvgIpc) is 1.90. The van der Waals surface area contributed by atoms with Crippen LogP contribution in [0.15, 0.2) is 12.2 Å². The van der Waals surface area contributed by atoms with E-state index in [9.17, 15) is 0 Å². The molecule has 1 fully saturated rings. The lowest BCUT2D eigenvalue weighted by atomic mass is 10.0. The van der Waals surface area contributed by atoms with Crippen LogP contribution in [0.2, 0.25) is 0 Å². The van der Waals surface area contributed by atoms with Crippen molar-refractivity contribution in [3.05, 3.63) is 12.2 Å². The molecular weight excluding hydrogens is 116 g/mol. The van der Waals surface area contributed by atoms with E-state index in [4.69, 9.17) is 9.47 Å². The summed E-state index contributed by atoms with van der Waals surface area (Å²) < 4.78 is 10.9. The summed E-state index contributed by atoms with van der Waals surface area (Å²) in [5.41, 5.74) is 0. The highest BCUT2D eigenvalue weighted by molar-refractivity contribution is 5.16. The Morgan fingerprint density at radius 3 is 1.78 bits per heavy atom. The fraction of sp³-hybridized carbons (Fsp3) is 0.714. The Hall–Kier alpha value is -0.340. The Kier molecular flexibility index (Phi) is 0.838. The standard InChI is InChI=1S/C7H10O2/c1-7(2)8-5-3-4-6(5)9-7/h3-6H,1-2H3. The Bertz CT molecular complexity index is 144. The highest BCUT2D eigenvalue weighted by Gasteiger charge is 2.42. The van der Waals surface area contributed by atoms with E-state index < -0.39 is 0 Å². The van der Waals surface area contributed by atoms with Gasteiger partial charge in [0, 0.05) is 0 Å². The van der Waals surface area contributed by atoms with Crippen LogP contribution in [0, 0.1) is 0 Å². The van der Waals surface area contributed by atoms with Crippen LogP contribution >= 0.6 is 0 Å². The molecular formula is C7H10O2. The van der Waals surface area contributed by atoms with Gasteiger partial charge in [-0.15, -0.1) is 0 Å². The molecule has 0 saturated carbocycles. The lowest BCUT2D eigenvalue weighted by molar-refractivity contribution is -0.136. The van der Waals surface area contributed by atoms with Gasteiger partial charge in [0.15, 0.2) is 5.79 Å². The Balaban J connectivity index is 2.13. The van der Waals surface area contributed by atoms with Crippen LogP contribution in [0.25, 0.3) is 0 Å². The van der Waals surface area contributed by atoms with Gasteiger partial charge >= 0.3 is 0 Å². The molecule has 1 aliphatic heterocycles. The number of rotatable bonds is 0. The number of ether oxygens (including phenoxy) is 2. The first-order valence-corrected chi connectivity index (χ1v) is 3.21. The molecule has 1 saturated heterocycles. The van der Waals surface area contributed by atoms with E-state index in [1.807, 2.05) is 26.0 Å². The van der Waals surface area contributed by atoms with Crippen molar-refractivity contribution in [3.8, 4) is 0 Å². The smallest absolute Gasteiger partial charge is 0.164 e. The molecule has 0 aromatic heterocycles. The maximum atomic E-state index is 5.44.